The van der Waals surface area contributed by atoms with E-state index in [4.69, 9.17) is 10.5 Å². The van der Waals surface area contributed by atoms with Crippen LogP contribution in [0.2, 0.25) is 0 Å². The van der Waals surface area contributed by atoms with E-state index in [1.807, 2.05) is 0 Å². The maximum atomic E-state index is 13.0. The first-order valence-corrected chi connectivity index (χ1v) is 8.85. The van der Waals surface area contributed by atoms with Gasteiger partial charge in [0, 0.05) is 12.1 Å². The van der Waals surface area contributed by atoms with Gasteiger partial charge in [-0.15, -0.1) is 0 Å². The zero-order chi connectivity index (χ0) is 16.0. The molecule has 1 spiro atoms. The van der Waals surface area contributed by atoms with Gasteiger partial charge >= 0.3 is 0 Å². The minimum Gasteiger partial charge on any atom is -0.496 e. The standard InChI is InChI=1S/C15H20N2O4S/c1-21-13-5-4-11(10-12(13)14(16)18)22(19,20)17-9-3-8-15(17)6-2-7-15/h4-5,10H,2-3,6-9H2,1H3,(H2,16,18). The smallest absolute Gasteiger partial charge is 0.252 e. The number of amides is 1. The lowest BCUT2D eigenvalue weighted by Crippen LogP contribution is -2.51. The van der Waals surface area contributed by atoms with Crippen LogP contribution in [0.4, 0.5) is 0 Å². The summed E-state index contributed by atoms with van der Waals surface area (Å²) in [6.07, 6.45) is 4.72. The van der Waals surface area contributed by atoms with Gasteiger partial charge in [0.1, 0.15) is 5.75 Å². The molecule has 1 amide bonds. The molecule has 0 unspecified atom stereocenters. The maximum Gasteiger partial charge on any atom is 0.252 e. The third-order valence-electron chi connectivity index (χ3n) is 4.84. The fourth-order valence-corrected chi connectivity index (χ4v) is 5.45. The predicted octanol–water partition coefficient (Wildman–Crippen LogP) is 1.50. The Labute approximate surface area is 130 Å². The second-order valence-electron chi connectivity index (χ2n) is 5.98. The number of nitrogens with zero attached hydrogens (tertiary/aromatic N) is 1. The molecular weight excluding hydrogens is 304 g/mol. The highest BCUT2D eigenvalue weighted by Crippen LogP contribution is 2.48. The van der Waals surface area contributed by atoms with Crippen LogP contribution in [-0.4, -0.2) is 37.8 Å². The van der Waals surface area contributed by atoms with E-state index in [0.717, 1.165) is 32.1 Å². The number of hydrogen-bond acceptors (Lipinski definition) is 4. The fraction of sp³-hybridized carbons (Fsp3) is 0.533. The summed E-state index contributed by atoms with van der Waals surface area (Å²) in [6, 6.07) is 4.28. The minimum atomic E-state index is -3.62. The molecular formula is C15H20N2O4S. The fourth-order valence-electron chi connectivity index (χ4n) is 3.54. The Kier molecular flexibility index (Phi) is 3.65. The van der Waals surface area contributed by atoms with Crippen LogP contribution in [0.25, 0.3) is 0 Å². The lowest BCUT2D eigenvalue weighted by atomic mass is 9.76. The Morgan fingerprint density at radius 1 is 1.27 bits per heavy atom. The summed E-state index contributed by atoms with van der Waals surface area (Å²) < 4.78 is 32.6. The molecule has 2 N–H and O–H groups in total. The average Bonchev–Trinajstić information content (AvgIpc) is 2.92. The summed E-state index contributed by atoms with van der Waals surface area (Å²) in [6.45, 7) is 0.542. The molecule has 1 aromatic carbocycles. The number of sulfonamides is 1. The monoisotopic (exact) mass is 324 g/mol. The Morgan fingerprint density at radius 2 is 1.95 bits per heavy atom. The van der Waals surface area contributed by atoms with Crippen LogP contribution >= 0.6 is 0 Å². The van der Waals surface area contributed by atoms with E-state index in [1.54, 1.807) is 4.31 Å². The lowest BCUT2D eigenvalue weighted by molar-refractivity contribution is 0.0997. The zero-order valence-corrected chi connectivity index (χ0v) is 13.4. The molecule has 6 nitrogen and oxygen atoms in total. The topological polar surface area (TPSA) is 89.7 Å². The number of carbonyl (C=O) groups excluding carboxylic acids is 1. The van der Waals surface area contributed by atoms with Crippen molar-refractivity contribution < 1.29 is 17.9 Å². The van der Waals surface area contributed by atoms with Crippen LogP contribution in [0.1, 0.15) is 42.5 Å². The third kappa shape index (κ3) is 2.19. The molecule has 1 aliphatic carbocycles. The van der Waals surface area contributed by atoms with Crippen molar-refractivity contribution in [1.82, 2.24) is 4.31 Å². The van der Waals surface area contributed by atoms with Gasteiger partial charge in [0.25, 0.3) is 5.91 Å². The molecule has 7 heteroatoms. The number of methoxy groups -OCH3 is 1. The Morgan fingerprint density at radius 3 is 2.50 bits per heavy atom. The SMILES string of the molecule is COc1ccc(S(=O)(=O)N2CCCC23CCC3)cc1C(N)=O. The van der Waals surface area contributed by atoms with E-state index in [1.165, 1.54) is 25.3 Å². The van der Waals surface area contributed by atoms with Crippen molar-refractivity contribution in [3.8, 4) is 5.75 Å². The van der Waals surface area contributed by atoms with Crippen LogP contribution in [0.5, 0.6) is 5.75 Å². The van der Waals surface area contributed by atoms with Gasteiger partial charge in [0.05, 0.1) is 17.6 Å². The van der Waals surface area contributed by atoms with Crippen molar-refractivity contribution >= 4 is 15.9 Å². The highest BCUT2D eigenvalue weighted by atomic mass is 32.2. The molecule has 0 radical (unpaired) electrons. The molecule has 1 heterocycles. The Balaban J connectivity index is 2.02. The van der Waals surface area contributed by atoms with Crippen molar-refractivity contribution in [2.45, 2.75) is 42.5 Å². The molecule has 2 aliphatic rings. The van der Waals surface area contributed by atoms with Gasteiger partial charge in [-0.1, -0.05) is 0 Å². The van der Waals surface area contributed by atoms with E-state index >= 15 is 0 Å². The minimum absolute atomic E-state index is 0.0884. The first kappa shape index (κ1) is 15.3. The molecule has 3 rings (SSSR count). The molecule has 0 bridgehead atoms. The highest BCUT2D eigenvalue weighted by molar-refractivity contribution is 7.89. The normalized spacial score (nSPS) is 20.8. The van der Waals surface area contributed by atoms with Gasteiger partial charge in [-0.05, 0) is 50.3 Å². The molecule has 1 aliphatic heterocycles. The van der Waals surface area contributed by atoms with E-state index in [0.29, 0.717) is 6.54 Å². The molecule has 1 saturated heterocycles. The molecule has 0 aromatic heterocycles. The molecule has 1 aromatic rings. The number of nitrogens with two attached hydrogens (primary N) is 1. The molecule has 22 heavy (non-hydrogen) atoms. The van der Waals surface area contributed by atoms with Gasteiger partial charge < -0.3 is 10.5 Å². The summed E-state index contributed by atoms with van der Waals surface area (Å²) in [4.78, 5) is 11.6. The zero-order valence-electron chi connectivity index (χ0n) is 12.5. The van der Waals surface area contributed by atoms with Crippen molar-refractivity contribution in [3.63, 3.8) is 0 Å². The maximum absolute atomic E-state index is 13.0. The van der Waals surface area contributed by atoms with Gasteiger partial charge in [-0.3, -0.25) is 4.79 Å². The van der Waals surface area contributed by atoms with Crippen LogP contribution in [-0.2, 0) is 10.0 Å². The van der Waals surface area contributed by atoms with Gasteiger partial charge in [-0.25, -0.2) is 8.42 Å². The van der Waals surface area contributed by atoms with Crippen LogP contribution in [0.3, 0.4) is 0 Å². The molecule has 1 saturated carbocycles. The number of benzene rings is 1. The van der Waals surface area contributed by atoms with Crippen molar-refractivity contribution in [2.24, 2.45) is 5.73 Å². The lowest BCUT2D eigenvalue weighted by Gasteiger charge is -2.44. The first-order valence-electron chi connectivity index (χ1n) is 7.41. The summed E-state index contributed by atoms with van der Waals surface area (Å²) in [7, 11) is -2.20. The van der Waals surface area contributed by atoms with Crippen LogP contribution in [0, 0.1) is 0 Å². The Bertz CT molecular complexity index is 710. The molecule has 0 atom stereocenters. The van der Waals surface area contributed by atoms with Crippen LogP contribution < -0.4 is 10.5 Å². The number of carbonyl (C=O) groups is 1. The van der Waals surface area contributed by atoms with Gasteiger partial charge in [0.2, 0.25) is 10.0 Å². The van der Waals surface area contributed by atoms with E-state index in [-0.39, 0.29) is 21.7 Å². The van der Waals surface area contributed by atoms with E-state index in [9.17, 15) is 13.2 Å². The van der Waals surface area contributed by atoms with E-state index < -0.39 is 15.9 Å². The van der Waals surface area contributed by atoms with Crippen molar-refractivity contribution in [1.29, 1.82) is 0 Å². The predicted molar refractivity (Wildman–Crippen MR) is 81.2 cm³/mol. The second kappa shape index (κ2) is 5.24. The highest BCUT2D eigenvalue weighted by Gasteiger charge is 2.51. The van der Waals surface area contributed by atoms with Crippen molar-refractivity contribution in [2.75, 3.05) is 13.7 Å². The summed E-state index contributed by atoms with van der Waals surface area (Å²) in [5, 5.41) is 0. The van der Waals surface area contributed by atoms with Gasteiger partial charge in [0.15, 0.2) is 0 Å². The number of ether oxygens (including phenoxy) is 1. The quantitative estimate of drug-likeness (QED) is 0.909. The van der Waals surface area contributed by atoms with Crippen LogP contribution in [0.15, 0.2) is 23.1 Å². The molecule has 2 fully saturated rings. The van der Waals surface area contributed by atoms with Gasteiger partial charge in [-0.2, -0.15) is 4.31 Å². The van der Waals surface area contributed by atoms with E-state index in [2.05, 4.69) is 0 Å². The summed E-state index contributed by atoms with van der Waals surface area (Å²) in [5.41, 5.74) is 5.20. The number of hydrogen-bond donors (Lipinski definition) is 1. The number of primary amides is 1. The molecule has 120 valence electrons. The summed E-state index contributed by atoms with van der Waals surface area (Å²) in [5.74, 6) is -0.417. The number of rotatable bonds is 4. The second-order valence-corrected chi connectivity index (χ2v) is 7.85. The van der Waals surface area contributed by atoms with Crippen molar-refractivity contribution in [3.05, 3.63) is 23.8 Å². The average molecular weight is 324 g/mol. The third-order valence-corrected chi connectivity index (χ3v) is 6.84. The largest absolute Gasteiger partial charge is 0.496 e. The summed E-state index contributed by atoms with van der Waals surface area (Å²) >= 11 is 0. The first-order chi connectivity index (χ1) is 10.4. The Hall–Kier alpha value is -1.60.